The summed E-state index contributed by atoms with van der Waals surface area (Å²) in [5, 5.41) is 8.77. The normalized spacial score (nSPS) is 11.3. The molecule has 106 valence electrons. The van der Waals surface area contributed by atoms with Crippen molar-refractivity contribution in [2.45, 2.75) is 20.4 Å². The van der Waals surface area contributed by atoms with Crippen molar-refractivity contribution in [3.8, 4) is 0 Å². The Balaban J connectivity index is 2.89. The minimum Gasteiger partial charge on any atom is -0.480 e. The fourth-order valence-electron chi connectivity index (χ4n) is 1.82. The average Bonchev–Trinajstić information content (AvgIpc) is 2.23. The van der Waals surface area contributed by atoms with Crippen molar-refractivity contribution in [2.75, 3.05) is 13.1 Å². The summed E-state index contributed by atoms with van der Waals surface area (Å²) >= 11 is 0. The number of carboxylic acids is 1. The lowest BCUT2D eigenvalue weighted by Gasteiger charge is -2.22. The average molecular weight is 275 g/mol. The number of halogens is 3. The standard InChI is InChI=1S/C13H16F3NO2/c1-8(2)5-17(7-13(18)19)6-9-3-11(15)12(16)4-10(9)14/h3-4,8H,5-7H2,1-2H3,(H,18,19). The molecular formula is C13H16F3NO2. The molecule has 0 bridgehead atoms. The first kappa shape index (κ1) is 15.5. The van der Waals surface area contributed by atoms with Gasteiger partial charge in [0.15, 0.2) is 11.6 Å². The molecule has 1 aromatic rings. The first-order chi connectivity index (χ1) is 8.79. The molecule has 3 nitrogen and oxygen atoms in total. The number of aliphatic carboxylic acids is 1. The fraction of sp³-hybridized carbons (Fsp3) is 0.462. The second kappa shape index (κ2) is 6.56. The number of carbonyl (C=O) groups is 1. The molecule has 0 aliphatic rings. The molecule has 0 radical (unpaired) electrons. The Morgan fingerprint density at radius 3 is 2.32 bits per heavy atom. The number of benzene rings is 1. The SMILES string of the molecule is CC(C)CN(CC(=O)O)Cc1cc(F)c(F)cc1F. The molecule has 0 saturated carbocycles. The van der Waals surface area contributed by atoms with Crippen molar-refractivity contribution in [3.05, 3.63) is 35.1 Å². The summed E-state index contributed by atoms with van der Waals surface area (Å²) in [7, 11) is 0. The summed E-state index contributed by atoms with van der Waals surface area (Å²) in [4.78, 5) is 12.2. The zero-order chi connectivity index (χ0) is 14.6. The van der Waals surface area contributed by atoms with Gasteiger partial charge in [-0.2, -0.15) is 0 Å². The van der Waals surface area contributed by atoms with Crippen molar-refractivity contribution in [3.63, 3.8) is 0 Å². The minimum absolute atomic E-state index is 0.0548. The highest BCUT2D eigenvalue weighted by Crippen LogP contribution is 2.16. The van der Waals surface area contributed by atoms with Crippen molar-refractivity contribution >= 4 is 5.97 Å². The second-order valence-corrected chi connectivity index (χ2v) is 4.81. The van der Waals surface area contributed by atoms with Gasteiger partial charge in [-0.3, -0.25) is 9.69 Å². The summed E-state index contributed by atoms with van der Waals surface area (Å²) in [5.41, 5.74) is -0.0548. The van der Waals surface area contributed by atoms with Crippen LogP contribution < -0.4 is 0 Å². The molecule has 1 N–H and O–H groups in total. The van der Waals surface area contributed by atoms with Gasteiger partial charge in [0.2, 0.25) is 0 Å². The summed E-state index contributed by atoms with van der Waals surface area (Å²) < 4.78 is 39.3. The van der Waals surface area contributed by atoms with Gasteiger partial charge in [-0.25, -0.2) is 13.2 Å². The van der Waals surface area contributed by atoms with Crippen molar-refractivity contribution in [1.29, 1.82) is 0 Å². The highest BCUT2D eigenvalue weighted by molar-refractivity contribution is 5.69. The highest BCUT2D eigenvalue weighted by Gasteiger charge is 2.16. The molecule has 19 heavy (non-hydrogen) atoms. The van der Waals surface area contributed by atoms with Gasteiger partial charge in [-0.1, -0.05) is 13.8 Å². The number of carboxylic acid groups (broad SMARTS) is 1. The topological polar surface area (TPSA) is 40.5 Å². The Morgan fingerprint density at radius 1 is 1.21 bits per heavy atom. The molecule has 1 aromatic carbocycles. The highest BCUT2D eigenvalue weighted by atomic mass is 19.2. The summed E-state index contributed by atoms with van der Waals surface area (Å²) in [6.07, 6.45) is 0. The van der Waals surface area contributed by atoms with Gasteiger partial charge in [0.25, 0.3) is 0 Å². The molecular weight excluding hydrogens is 259 g/mol. The van der Waals surface area contributed by atoms with Crippen LogP contribution in [0.2, 0.25) is 0 Å². The van der Waals surface area contributed by atoms with E-state index < -0.39 is 23.4 Å². The van der Waals surface area contributed by atoms with Crippen LogP contribution in [-0.4, -0.2) is 29.1 Å². The van der Waals surface area contributed by atoms with E-state index in [0.29, 0.717) is 12.6 Å². The van der Waals surface area contributed by atoms with Crippen LogP contribution in [0.3, 0.4) is 0 Å². The van der Waals surface area contributed by atoms with E-state index in [1.807, 2.05) is 13.8 Å². The third-order valence-corrected chi connectivity index (χ3v) is 2.47. The first-order valence-corrected chi connectivity index (χ1v) is 5.87. The van der Waals surface area contributed by atoms with Crippen LogP contribution in [0.1, 0.15) is 19.4 Å². The van der Waals surface area contributed by atoms with Gasteiger partial charge in [0.05, 0.1) is 6.54 Å². The number of hydrogen-bond donors (Lipinski definition) is 1. The summed E-state index contributed by atoms with van der Waals surface area (Å²) in [6, 6.07) is 1.23. The van der Waals surface area contributed by atoms with Crippen LogP contribution >= 0.6 is 0 Å². The van der Waals surface area contributed by atoms with Crippen LogP contribution in [0.25, 0.3) is 0 Å². The van der Waals surface area contributed by atoms with Crippen LogP contribution in [0.5, 0.6) is 0 Å². The van der Waals surface area contributed by atoms with Gasteiger partial charge >= 0.3 is 5.97 Å². The lowest BCUT2D eigenvalue weighted by atomic mass is 10.1. The lowest BCUT2D eigenvalue weighted by molar-refractivity contribution is -0.138. The van der Waals surface area contributed by atoms with E-state index in [2.05, 4.69) is 0 Å². The van der Waals surface area contributed by atoms with Gasteiger partial charge in [0, 0.05) is 24.7 Å². The maximum atomic E-state index is 13.5. The van der Waals surface area contributed by atoms with E-state index >= 15 is 0 Å². The molecule has 0 heterocycles. The molecule has 0 saturated heterocycles. The molecule has 0 aliphatic heterocycles. The monoisotopic (exact) mass is 275 g/mol. The van der Waals surface area contributed by atoms with Gasteiger partial charge in [0.1, 0.15) is 5.82 Å². The Labute approximate surface area is 109 Å². The molecule has 0 spiro atoms. The molecule has 1 rings (SSSR count). The maximum absolute atomic E-state index is 13.5. The number of hydrogen-bond acceptors (Lipinski definition) is 2. The van der Waals surface area contributed by atoms with E-state index in [-0.39, 0.29) is 24.6 Å². The number of rotatable bonds is 6. The van der Waals surface area contributed by atoms with Crippen LogP contribution in [0.15, 0.2) is 12.1 Å². The van der Waals surface area contributed by atoms with Crippen molar-refractivity contribution < 1.29 is 23.1 Å². The molecule has 0 unspecified atom stereocenters. The van der Waals surface area contributed by atoms with Gasteiger partial charge < -0.3 is 5.11 Å². The van der Waals surface area contributed by atoms with E-state index in [1.54, 1.807) is 0 Å². The Hall–Kier alpha value is -1.56. The molecule has 6 heteroatoms. The smallest absolute Gasteiger partial charge is 0.317 e. The molecule has 0 atom stereocenters. The molecule has 0 fully saturated rings. The van der Waals surface area contributed by atoms with Crippen LogP contribution in [-0.2, 0) is 11.3 Å². The minimum atomic E-state index is -1.25. The zero-order valence-corrected chi connectivity index (χ0v) is 10.8. The lowest BCUT2D eigenvalue weighted by Crippen LogP contribution is -2.32. The largest absolute Gasteiger partial charge is 0.480 e. The molecule has 0 amide bonds. The summed E-state index contributed by atoms with van der Waals surface area (Å²) in [5.74, 6) is -4.15. The Bertz CT molecular complexity index is 463. The Morgan fingerprint density at radius 2 is 1.79 bits per heavy atom. The second-order valence-electron chi connectivity index (χ2n) is 4.81. The van der Waals surface area contributed by atoms with Crippen LogP contribution in [0, 0.1) is 23.4 Å². The third-order valence-electron chi connectivity index (χ3n) is 2.47. The quantitative estimate of drug-likeness (QED) is 0.811. The van der Waals surface area contributed by atoms with Crippen molar-refractivity contribution in [2.24, 2.45) is 5.92 Å². The van der Waals surface area contributed by atoms with E-state index in [0.717, 1.165) is 6.07 Å². The predicted molar refractivity (Wildman–Crippen MR) is 64.1 cm³/mol. The Kier molecular flexibility index (Phi) is 5.35. The van der Waals surface area contributed by atoms with Crippen LogP contribution in [0.4, 0.5) is 13.2 Å². The van der Waals surface area contributed by atoms with E-state index in [4.69, 9.17) is 5.11 Å². The molecule has 0 aromatic heterocycles. The summed E-state index contributed by atoms with van der Waals surface area (Å²) in [6.45, 7) is 3.84. The number of nitrogens with zero attached hydrogens (tertiary/aromatic N) is 1. The van der Waals surface area contributed by atoms with E-state index in [1.165, 1.54) is 4.90 Å². The predicted octanol–water partition coefficient (Wildman–Crippen LogP) is 2.65. The van der Waals surface area contributed by atoms with Gasteiger partial charge in [-0.15, -0.1) is 0 Å². The molecule has 0 aliphatic carbocycles. The zero-order valence-electron chi connectivity index (χ0n) is 10.8. The third kappa shape index (κ3) is 4.90. The van der Waals surface area contributed by atoms with E-state index in [9.17, 15) is 18.0 Å². The van der Waals surface area contributed by atoms with Gasteiger partial charge in [-0.05, 0) is 12.0 Å². The maximum Gasteiger partial charge on any atom is 0.317 e. The first-order valence-electron chi connectivity index (χ1n) is 5.87. The fourth-order valence-corrected chi connectivity index (χ4v) is 1.82. The van der Waals surface area contributed by atoms with Crippen molar-refractivity contribution in [1.82, 2.24) is 4.90 Å².